The van der Waals surface area contributed by atoms with Crippen molar-refractivity contribution >= 4 is 0 Å². The second-order valence-corrected chi connectivity index (χ2v) is 7.78. The summed E-state index contributed by atoms with van der Waals surface area (Å²) in [5.41, 5.74) is 2.93. The average molecular weight is 303 g/mol. The van der Waals surface area contributed by atoms with Gasteiger partial charge in [-0.25, -0.2) is 4.39 Å². The van der Waals surface area contributed by atoms with E-state index in [9.17, 15) is 9.50 Å². The van der Waals surface area contributed by atoms with Crippen molar-refractivity contribution in [1.82, 2.24) is 4.90 Å². The van der Waals surface area contributed by atoms with Crippen LogP contribution in [0.15, 0.2) is 6.07 Å². The van der Waals surface area contributed by atoms with Gasteiger partial charge in [0, 0.05) is 18.2 Å². The highest BCUT2D eigenvalue weighted by Gasteiger charge is 2.44. The third kappa shape index (κ3) is 2.25. The predicted octanol–water partition coefficient (Wildman–Crippen LogP) is 3.96. The molecule has 3 heteroatoms. The van der Waals surface area contributed by atoms with Gasteiger partial charge in [-0.2, -0.15) is 0 Å². The van der Waals surface area contributed by atoms with Crippen LogP contribution >= 0.6 is 0 Å². The molecule has 1 aliphatic heterocycles. The van der Waals surface area contributed by atoms with Crippen molar-refractivity contribution in [3.63, 3.8) is 0 Å². The van der Waals surface area contributed by atoms with Gasteiger partial charge in [0.1, 0.15) is 11.6 Å². The maximum atomic E-state index is 14.4. The highest BCUT2D eigenvalue weighted by molar-refractivity contribution is 5.43. The van der Waals surface area contributed by atoms with Gasteiger partial charge in [0.2, 0.25) is 0 Å². The minimum absolute atomic E-state index is 0.115. The number of halogens is 1. The van der Waals surface area contributed by atoms with Crippen LogP contribution in [0.3, 0.4) is 0 Å². The van der Waals surface area contributed by atoms with E-state index in [4.69, 9.17) is 0 Å². The Kier molecular flexibility index (Phi) is 3.44. The van der Waals surface area contributed by atoms with Gasteiger partial charge in [0.25, 0.3) is 0 Å². The molecule has 1 saturated carbocycles. The lowest BCUT2D eigenvalue weighted by Crippen LogP contribution is -2.38. The predicted molar refractivity (Wildman–Crippen MR) is 85.7 cm³/mol. The van der Waals surface area contributed by atoms with E-state index in [1.165, 1.54) is 38.8 Å². The molecule has 1 N–H and O–H groups in total. The lowest BCUT2D eigenvalue weighted by molar-refractivity contribution is 0.119. The number of rotatable bonds is 1. The van der Waals surface area contributed by atoms with Gasteiger partial charge < -0.3 is 5.11 Å². The zero-order valence-electron chi connectivity index (χ0n) is 13.5. The van der Waals surface area contributed by atoms with Crippen LogP contribution in [-0.2, 0) is 12.8 Å². The lowest BCUT2D eigenvalue weighted by Gasteiger charge is -2.39. The van der Waals surface area contributed by atoms with Crippen molar-refractivity contribution < 1.29 is 9.50 Å². The molecule has 0 bridgehead atoms. The average Bonchev–Trinajstić information content (AvgIpc) is 2.83. The first-order chi connectivity index (χ1) is 10.6. The van der Waals surface area contributed by atoms with E-state index in [1.54, 1.807) is 13.0 Å². The number of hydrogen-bond acceptors (Lipinski definition) is 2. The molecule has 0 radical (unpaired) electrons. The Labute approximate surface area is 132 Å². The molecule has 1 aromatic carbocycles. The second kappa shape index (κ2) is 5.23. The Balaban J connectivity index is 1.51. The number of hydrogen-bond donors (Lipinski definition) is 1. The van der Waals surface area contributed by atoms with E-state index in [-0.39, 0.29) is 11.6 Å². The monoisotopic (exact) mass is 303 g/mol. The number of likely N-dealkylation sites (tertiary alicyclic amines) is 1. The maximum Gasteiger partial charge on any atom is 0.133 e. The zero-order chi connectivity index (χ0) is 15.3. The SMILES string of the molecule is Cc1c(O)cc2c(c1F)CC[C@@H](N1CCC3(CCC3)C1)CC2. The minimum atomic E-state index is -0.174. The van der Waals surface area contributed by atoms with Crippen molar-refractivity contribution in [3.05, 3.63) is 28.6 Å². The van der Waals surface area contributed by atoms with E-state index in [0.29, 0.717) is 17.0 Å². The number of aromatic hydroxyl groups is 1. The Morgan fingerprint density at radius 2 is 2.00 bits per heavy atom. The van der Waals surface area contributed by atoms with E-state index in [2.05, 4.69) is 4.90 Å². The molecule has 1 spiro atoms. The molecule has 2 aliphatic carbocycles. The summed E-state index contributed by atoms with van der Waals surface area (Å²) in [6.07, 6.45) is 9.48. The Hall–Kier alpha value is -1.09. The molecule has 1 atom stereocenters. The first-order valence-electron chi connectivity index (χ1n) is 8.82. The van der Waals surface area contributed by atoms with E-state index in [1.807, 2.05) is 0 Å². The zero-order valence-corrected chi connectivity index (χ0v) is 13.5. The third-order valence-electron chi connectivity index (χ3n) is 6.55. The van der Waals surface area contributed by atoms with E-state index >= 15 is 0 Å². The number of benzene rings is 1. The summed E-state index contributed by atoms with van der Waals surface area (Å²) in [6.45, 7) is 4.17. The lowest BCUT2D eigenvalue weighted by atomic mass is 9.68. The molecular weight excluding hydrogens is 277 g/mol. The molecule has 2 nitrogen and oxygen atoms in total. The van der Waals surface area contributed by atoms with Crippen molar-refractivity contribution in [3.8, 4) is 5.75 Å². The number of fused-ring (bicyclic) bond motifs is 1. The topological polar surface area (TPSA) is 23.5 Å². The van der Waals surface area contributed by atoms with Crippen LogP contribution in [0.4, 0.5) is 4.39 Å². The van der Waals surface area contributed by atoms with Crippen molar-refractivity contribution in [2.45, 2.75) is 64.3 Å². The summed E-state index contributed by atoms with van der Waals surface area (Å²) in [7, 11) is 0. The quantitative estimate of drug-likeness (QED) is 0.794. The van der Waals surface area contributed by atoms with Crippen LogP contribution in [0.25, 0.3) is 0 Å². The first-order valence-corrected chi connectivity index (χ1v) is 8.82. The Morgan fingerprint density at radius 1 is 1.23 bits per heavy atom. The first kappa shape index (κ1) is 14.5. The van der Waals surface area contributed by atoms with Crippen LogP contribution in [0.5, 0.6) is 5.75 Å². The van der Waals surface area contributed by atoms with Crippen LogP contribution < -0.4 is 0 Å². The molecule has 22 heavy (non-hydrogen) atoms. The summed E-state index contributed by atoms with van der Waals surface area (Å²) in [4.78, 5) is 2.68. The molecule has 1 saturated heterocycles. The summed E-state index contributed by atoms with van der Waals surface area (Å²) >= 11 is 0. The molecule has 0 unspecified atom stereocenters. The number of nitrogens with zero attached hydrogens (tertiary/aromatic N) is 1. The van der Waals surface area contributed by atoms with Gasteiger partial charge in [-0.15, -0.1) is 0 Å². The van der Waals surface area contributed by atoms with Gasteiger partial charge in [-0.3, -0.25) is 4.90 Å². The largest absolute Gasteiger partial charge is 0.508 e. The summed E-state index contributed by atoms with van der Waals surface area (Å²) < 4.78 is 14.4. The Bertz CT molecular complexity index is 594. The van der Waals surface area contributed by atoms with Crippen LogP contribution in [0.2, 0.25) is 0 Å². The van der Waals surface area contributed by atoms with Crippen molar-refractivity contribution in [2.75, 3.05) is 13.1 Å². The maximum absolute atomic E-state index is 14.4. The molecule has 2 fully saturated rings. The molecule has 120 valence electrons. The minimum Gasteiger partial charge on any atom is -0.508 e. The van der Waals surface area contributed by atoms with Gasteiger partial charge >= 0.3 is 0 Å². The fourth-order valence-corrected chi connectivity index (χ4v) is 4.84. The molecule has 1 heterocycles. The van der Waals surface area contributed by atoms with E-state index < -0.39 is 0 Å². The summed E-state index contributed by atoms with van der Waals surface area (Å²) in [5, 5.41) is 9.88. The standard InChI is InChI=1S/C19H26FNO/c1-13-17(22)11-14-3-4-15(5-6-16(14)18(13)20)21-10-9-19(12-21)7-2-8-19/h11,15,22H,2-10,12H2,1H3/t15-/m0/s1. The van der Waals surface area contributed by atoms with Gasteiger partial charge in [-0.05, 0) is 81.0 Å². The Morgan fingerprint density at radius 3 is 2.68 bits per heavy atom. The normalized spacial score (nSPS) is 27.5. The number of aryl methyl sites for hydroxylation is 1. The molecule has 0 amide bonds. The molecule has 4 rings (SSSR count). The molecule has 3 aliphatic rings. The molecule has 1 aromatic rings. The number of phenolic OH excluding ortho intramolecular Hbond substituents is 1. The van der Waals surface area contributed by atoms with Crippen LogP contribution in [0, 0.1) is 18.2 Å². The fourth-order valence-electron chi connectivity index (χ4n) is 4.84. The van der Waals surface area contributed by atoms with Crippen molar-refractivity contribution in [2.24, 2.45) is 5.41 Å². The van der Waals surface area contributed by atoms with Gasteiger partial charge in [0.15, 0.2) is 0 Å². The smallest absolute Gasteiger partial charge is 0.133 e. The van der Waals surface area contributed by atoms with Crippen LogP contribution in [-0.4, -0.2) is 29.1 Å². The fraction of sp³-hybridized carbons (Fsp3) is 0.684. The molecular formula is C19H26FNO. The third-order valence-corrected chi connectivity index (χ3v) is 6.55. The van der Waals surface area contributed by atoms with Crippen molar-refractivity contribution in [1.29, 1.82) is 0 Å². The molecule has 0 aromatic heterocycles. The number of phenols is 1. The van der Waals surface area contributed by atoms with Gasteiger partial charge in [-0.1, -0.05) is 6.42 Å². The van der Waals surface area contributed by atoms with Crippen LogP contribution in [0.1, 0.15) is 55.2 Å². The summed E-state index contributed by atoms with van der Waals surface area (Å²) in [5.74, 6) is -0.0585. The van der Waals surface area contributed by atoms with Gasteiger partial charge in [0.05, 0.1) is 0 Å². The highest BCUT2D eigenvalue weighted by Crippen LogP contribution is 2.49. The summed E-state index contributed by atoms with van der Waals surface area (Å²) in [6, 6.07) is 2.39. The van der Waals surface area contributed by atoms with E-state index in [0.717, 1.165) is 36.8 Å². The highest BCUT2D eigenvalue weighted by atomic mass is 19.1. The second-order valence-electron chi connectivity index (χ2n) is 7.78.